The maximum absolute atomic E-state index is 13.5. The third-order valence-corrected chi connectivity index (χ3v) is 14.5. The molecule has 0 aliphatic rings. The minimum absolute atomic E-state index is 0.0251. The molecule has 9 nitrogen and oxygen atoms in total. The van der Waals surface area contributed by atoms with Crippen LogP contribution in [0.2, 0.25) is 0 Å². The van der Waals surface area contributed by atoms with E-state index in [0.29, 0.717) is 23.9 Å². The number of nitrogens with one attached hydrogen (secondary N) is 1. The van der Waals surface area contributed by atoms with Crippen molar-refractivity contribution in [2.24, 2.45) is 0 Å². The average Bonchev–Trinajstić information content (AvgIpc) is 3.34. The van der Waals surface area contributed by atoms with Crippen LogP contribution in [0.3, 0.4) is 0 Å². The lowest BCUT2D eigenvalue weighted by Gasteiger charge is -2.30. The highest BCUT2D eigenvalue weighted by Crippen LogP contribution is 2.38. The van der Waals surface area contributed by atoms with E-state index < -0.39 is 26.6 Å². The second-order valence-corrected chi connectivity index (χ2v) is 23.2. The Labute approximate surface area is 446 Å². The van der Waals surface area contributed by atoms with E-state index in [9.17, 15) is 19.0 Å². The first-order valence-corrected chi connectivity index (χ1v) is 31.9. The summed E-state index contributed by atoms with van der Waals surface area (Å²) in [5.41, 5.74) is 0. The van der Waals surface area contributed by atoms with Gasteiger partial charge in [0, 0.05) is 12.8 Å². The van der Waals surface area contributed by atoms with Crippen molar-refractivity contribution >= 4 is 19.7 Å². The number of hydrogen-bond donors (Lipinski definition) is 1. The number of nitrogens with zero attached hydrogens (tertiary/aromatic N) is 1. The van der Waals surface area contributed by atoms with E-state index >= 15 is 0 Å². The fourth-order valence-electron chi connectivity index (χ4n) is 8.83. The second-order valence-electron chi connectivity index (χ2n) is 21.8. The van der Waals surface area contributed by atoms with Gasteiger partial charge < -0.3 is 28.5 Å². The number of unbranched alkanes of at least 4 members (excludes halogenated alkanes) is 33. The topological polar surface area (TPSA) is 114 Å². The van der Waals surface area contributed by atoms with E-state index in [1.54, 1.807) is 0 Å². The van der Waals surface area contributed by atoms with Gasteiger partial charge in [0.2, 0.25) is 5.91 Å². The van der Waals surface area contributed by atoms with Crippen LogP contribution in [0.25, 0.3) is 0 Å². The molecule has 0 rings (SSSR count). The zero-order valence-electron chi connectivity index (χ0n) is 48.1. The number of likely N-dealkylation sites (N-methyl/N-ethyl adjacent to an activating group) is 1. The van der Waals surface area contributed by atoms with Crippen molar-refractivity contribution in [2.45, 2.75) is 296 Å². The lowest BCUT2D eigenvalue weighted by molar-refractivity contribution is -0.870. The standard InChI is InChI=1S/C62H117N2O7P/c1-7-10-13-16-19-22-25-27-29-30-31-32-33-34-35-36-39-42-45-48-51-54-61(65)63-59(58-70-72(67,68)69-57-56-64(4,5)6)60(53-50-47-44-41-38-24-21-18-15-12-9-3)71-62(66)55-52-49-46-43-40-37-28-26-23-20-17-14-11-8-2/h11,14,20,23,28,37,50,53,59-60H,7-10,12-13,15-19,21-22,24-27,29-36,38-49,51-52,54-58H2,1-6H3,(H-,63,65,67,68)/b14-11+,23-20+,37-28+,53-50+. The maximum atomic E-state index is 13.5. The molecule has 10 heteroatoms. The minimum Gasteiger partial charge on any atom is -0.756 e. The predicted octanol–water partition coefficient (Wildman–Crippen LogP) is 17.9. The van der Waals surface area contributed by atoms with Crippen LogP contribution in [0.4, 0.5) is 0 Å². The van der Waals surface area contributed by atoms with E-state index in [-0.39, 0.29) is 24.9 Å². The first-order valence-electron chi connectivity index (χ1n) is 30.4. The van der Waals surface area contributed by atoms with E-state index in [2.05, 4.69) is 62.5 Å². The SMILES string of the molecule is CC/C=C/C/C=C/C/C=C/CCCCCCC(=O)OC(/C=C/CCCCCCCCCCC)C(COP(=O)([O-])OCC[N+](C)(C)C)NC(=O)CCCCCCCCCCCCCCCCCCCCCCC. The van der Waals surface area contributed by atoms with Gasteiger partial charge in [0.05, 0.1) is 33.8 Å². The Kier molecular flexibility index (Phi) is 50.9. The van der Waals surface area contributed by atoms with E-state index in [1.165, 1.54) is 161 Å². The second kappa shape index (κ2) is 52.4. The van der Waals surface area contributed by atoms with Crippen LogP contribution in [0, 0.1) is 0 Å². The van der Waals surface area contributed by atoms with Crippen molar-refractivity contribution in [3.63, 3.8) is 0 Å². The molecule has 0 aliphatic carbocycles. The zero-order chi connectivity index (χ0) is 52.9. The molecule has 3 atom stereocenters. The summed E-state index contributed by atoms with van der Waals surface area (Å²) in [6.07, 6.45) is 63.7. The molecule has 1 N–H and O–H groups in total. The maximum Gasteiger partial charge on any atom is 0.306 e. The minimum atomic E-state index is -4.70. The highest BCUT2D eigenvalue weighted by atomic mass is 31.2. The first-order chi connectivity index (χ1) is 34.9. The fourth-order valence-corrected chi connectivity index (χ4v) is 9.55. The number of phosphoric acid groups is 1. The third kappa shape index (κ3) is 52.8. The summed E-state index contributed by atoms with van der Waals surface area (Å²) < 4.78 is 30.2. The molecule has 0 saturated heterocycles. The molecule has 0 spiro atoms. The zero-order valence-corrected chi connectivity index (χ0v) is 49.0. The van der Waals surface area contributed by atoms with Gasteiger partial charge in [-0.3, -0.25) is 14.2 Å². The third-order valence-electron chi connectivity index (χ3n) is 13.5. The number of ether oxygens (including phenoxy) is 1. The molecule has 0 aromatic carbocycles. The Bertz CT molecular complexity index is 1380. The largest absolute Gasteiger partial charge is 0.756 e. The number of quaternary nitrogens is 1. The summed E-state index contributed by atoms with van der Waals surface area (Å²) in [7, 11) is 1.18. The van der Waals surface area contributed by atoms with Gasteiger partial charge in [-0.25, -0.2) is 0 Å². The fraction of sp³-hybridized carbons (Fsp3) is 0.839. The highest BCUT2D eigenvalue weighted by molar-refractivity contribution is 7.45. The average molecular weight is 1030 g/mol. The van der Waals surface area contributed by atoms with Crippen molar-refractivity contribution in [3.05, 3.63) is 48.6 Å². The van der Waals surface area contributed by atoms with Gasteiger partial charge in [-0.15, -0.1) is 0 Å². The molecule has 72 heavy (non-hydrogen) atoms. The molecule has 0 saturated carbocycles. The molecular weight excluding hydrogens is 916 g/mol. The summed E-state index contributed by atoms with van der Waals surface area (Å²) >= 11 is 0. The Hall–Kier alpha value is -2.03. The number of hydrogen-bond acceptors (Lipinski definition) is 7. The summed E-state index contributed by atoms with van der Waals surface area (Å²) in [5.74, 6) is -0.558. The monoisotopic (exact) mass is 1030 g/mol. The van der Waals surface area contributed by atoms with E-state index in [0.717, 1.165) is 83.5 Å². The van der Waals surface area contributed by atoms with Crippen molar-refractivity contribution in [3.8, 4) is 0 Å². The first kappa shape index (κ1) is 70.0. The molecule has 0 aliphatic heterocycles. The predicted molar refractivity (Wildman–Crippen MR) is 307 cm³/mol. The molecule has 0 heterocycles. The van der Waals surface area contributed by atoms with Crippen molar-refractivity contribution in [1.29, 1.82) is 0 Å². The quantitative estimate of drug-likeness (QED) is 0.0212. The Morgan fingerprint density at radius 2 is 0.889 bits per heavy atom. The lowest BCUT2D eigenvalue weighted by Crippen LogP contribution is -2.47. The number of phosphoric ester groups is 1. The summed E-state index contributed by atoms with van der Waals surface area (Å²) in [6.45, 7) is 6.73. The Morgan fingerprint density at radius 3 is 1.33 bits per heavy atom. The van der Waals surface area contributed by atoms with E-state index in [4.69, 9.17) is 13.8 Å². The van der Waals surface area contributed by atoms with E-state index in [1.807, 2.05) is 33.3 Å². The number of rotatable bonds is 55. The molecule has 0 radical (unpaired) electrons. The van der Waals surface area contributed by atoms with Crippen molar-refractivity contribution in [1.82, 2.24) is 5.32 Å². The molecular formula is C62H117N2O7P. The number of amides is 1. The van der Waals surface area contributed by atoms with Gasteiger partial charge in [-0.1, -0.05) is 256 Å². The van der Waals surface area contributed by atoms with Gasteiger partial charge in [-0.05, 0) is 63.9 Å². The molecule has 0 fully saturated rings. The van der Waals surface area contributed by atoms with Crippen LogP contribution in [-0.2, 0) is 27.9 Å². The lowest BCUT2D eigenvalue weighted by atomic mass is 10.0. The molecule has 422 valence electrons. The van der Waals surface area contributed by atoms with Gasteiger partial charge in [0.25, 0.3) is 7.82 Å². The van der Waals surface area contributed by atoms with Crippen molar-refractivity contribution < 1.29 is 37.3 Å². The number of carbonyl (C=O) groups is 2. The molecule has 0 bridgehead atoms. The Morgan fingerprint density at radius 1 is 0.500 bits per heavy atom. The van der Waals surface area contributed by atoms with Gasteiger partial charge >= 0.3 is 5.97 Å². The number of allylic oxidation sites excluding steroid dienone is 7. The van der Waals surface area contributed by atoms with Crippen LogP contribution < -0.4 is 10.2 Å². The molecule has 3 unspecified atom stereocenters. The normalized spacial score (nSPS) is 14.0. The van der Waals surface area contributed by atoms with Gasteiger partial charge in [-0.2, -0.15) is 0 Å². The van der Waals surface area contributed by atoms with Crippen molar-refractivity contribution in [2.75, 3.05) is 40.9 Å². The summed E-state index contributed by atoms with van der Waals surface area (Å²) in [4.78, 5) is 39.9. The highest BCUT2D eigenvalue weighted by Gasteiger charge is 2.27. The van der Waals surface area contributed by atoms with Crippen LogP contribution in [0.1, 0.15) is 284 Å². The number of esters is 1. The smallest absolute Gasteiger partial charge is 0.306 e. The summed E-state index contributed by atoms with van der Waals surface area (Å²) in [6, 6.07) is -0.894. The van der Waals surface area contributed by atoms with Gasteiger partial charge in [0.1, 0.15) is 19.3 Å². The van der Waals surface area contributed by atoms with Crippen LogP contribution >= 0.6 is 7.82 Å². The van der Waals surface area contributed by atoms with Crippen LogP contribution in [-0.4, -0.2) is 69.4 Å². The number of carbonyl (C=O) groups excluding carboxylic acids is 2. The van der Waals surface area contributed by atoms with Crippen LogP contribution in [0.15, 0.2) is 48.6 Å². The Balaban J connectivity index is 5.18. The van der Waals surface area contributed by atoms with Gasteiger partial charge in [0.15, 0.2) is 0 Å². The summed E-state index contributed by atoms with van der Waals surface area (Å²) in [5, 5.41) is 3.02. The van der Waals surface area contributed by atoms with Crippen LogP contribution in [0.5, 0.6) is 0 Å². The molecule has 0 aromatic rings. The molecule has 0 aromatic heterocycles. The molecule has 1 amide bonds.